The molecular formula is C13H15N3S2. The van der Waals surface area contributed by atoms with E-state index >= 15 is 0 Å². The number of thiocarbonyl (C=S) groups is 1. The smallest absolute Gasteiger partial charge is 0.122 e. The molecule has 0 amide bonds. The van der Waals surface area contributed by atoms with Crippen LogP contribution in [0.1, 0.15) is 28.4 Å². The summed E-state index contributed by atoms with van der Waals surface area (Å²) in [6.45, 7) is 4.24. The van der Waals surface area contributed by atoms with Crippen LogP contribution < -0.4 is 11.1 Å². The van der Waals surface area contributed by atoms with Crippen molar-refractivity contribution in [2.24, 2.45) is 5.73 Å². The summed E-state index contributed by atoms with van der Waals surface area (Å²) in [6.07, 6.45) is 1.76. The number of hydrogen-bond donors (Lipinski definition) is 2. The van der Waals surface area contributed by atoms with E-state index in [1.807, 2.05) is 12.1 Å². The Balaban J connectivity index is 2.07. The fourth-order valence-electron chi connectivity index (χ4n) is 1.63. The lowest BCUT2D eigenvalue weighted by atomic mass is 10.2. The van der Waals surface area contributed by atoms with Gasteiger partial charge in [0, 0.05) is 9.75 Å². The van der Waals surface area contributed by atoms with Crippen LogP contribution in [-0.4, -0.2) is 9.97 Å². The van der Waals surface area contributed by atoms with Crippen molar-refractivity contribution < 1.29 is 0 Å². The third kappa shape index (κ3) is 3.05. The topological polar surface area (TPSA) is 50.9 Å². The Bertz CT molecular complexity index is 546. The van der Waals surface area contributed by atoms with Crippen LogP contribution in [-0.2, 0) is 0 Å². The quantitative estimate of drug-likeness (QED) is 0.842. The van der Waals surface area contributed by atoms with Crippen molar-refractivity contribution in [3.8, 4) is 0 Å². The Labute approximate surface area is 116 Å². The second kappa shape index (κ2) is 5.46. The maximum atomic E-state index is 5.51. The van der Waals surface area contributed by atoms with Crippen molar-refractivity contribution in [3.05, 3.63) is 45.9 Å². The second-order valence-corrected chi connectivity index (χ2v) is 5.87. The van der Waals surface area contributed by atoms with Crippen molar-refractivity contribution in [2.75, 3.05) is 5.32 Å². The normalized spacial score (nSPS) is 12.1. The highest BCUT2D eigenvalue weighted by Crippen LogP contribution is 2.25. The lowest BCUT2D eigenvalue weighted by Gasteiger charge is -2.13. The molecule has 0 spiro atoms. The number of nitrogens with one attached hydrogen (secondary N) is 1. The zero-order valence-corrected chi connectivity index (χ0v) is 11.9. The average Bonchev–Trinajstić information content (AvgIpc) is 2.76. The number of aromatic nitrogens is 1. The van der Waals surface area contributed by atoms with E-state index in [1.54, 1.807) is 17.5 Å². The predicted octanol–water partition coefficient (Wildman–Crippen LogP) is 3.26. The first kappa shape index (κ1) is 13.0. The Morgan fingerprint density at radius 3 is 2.67 bits per heavy atom. The van der Waals surface area contributed by atoms with Crippen molar-refractivity contribution >= 4 is 34.2 Å². The maximum absolute atomic E-state index is 5.51. The minimum Gasteiger partial charge on any atom is -0.388 e. The number of nitrogens with two attached hydrogens (primary N) is 1. The Hall–Kier alpha value is -1.46. The molecule has 3 nitrogen and oxygen atoms in total. The van der Waals surface area contributed by atoms with Gasteiger partial charge in [0.25, 0.3) is 0 Å². The molecule has 0 aliphatic carbocycles. The summed E-state index contributed by atoms with van der Waals surface area (Å²) < 4.78 is 0. The van der Waals surface area contributed by atoms with E-state index in [0.717, 1.165) is 5.69 Å². The van der Waals surface area contributed by atoms with Gasteiger partial charge in [-0.1, -0.05) is 12.2 Å². The number of thiophene rings is 1. The summed E-state index contributed by atoms with van der Waals surface area (Å²) in [7, 11) is 0. The summed E-state index contributed by atoms with van der Waals surface area (Å²) >= 11 is 6.67. The largest absolute Gasteiger partial charge is 0.388 e. The molecule has 94 valence electrons. The number of anilines is 1. The molecule has 0 aliphatic heterocycles. The van der Waals surface area contributed by atoms with Crippen LogP contribution in [0.3, 0.4) is 0 Å². The molecule has 2 rings (SSSR count). The van der Waals surface area contributed by atoms with Crippen LogP contribution in [0.25, 0.3) is 0 Å². The first-order valence-electron chi connectivity index (χ1n) is 5.65. The lowest BCUT2D eigenvalue weighted by Crippen LogP contribution is -2.12. The maximum Gasteiger partial charge on any atom is 0.122 e. The van der Waals surface area contributed by atoms with Crippen LogP contribution in [0.4, 0.5) is 5.69 Å². The number of rotatable bonds is 4. The van der Waals surface area contributed by atoms with Gasteiger partial charge in [-0.3, -0.25) is 4.98 Å². The minimum atomic E-state index is 0.265. The standard InChI is InChI=1S/C13H15N3S2/c1-8-3-6-12(18-8)9(2)16-10-4-5-11(13(14)17)15-7-10/h3-7,9,16H,1-2H3,(H2,14,17). The summed E-state index contributed by atoms with van der Waals surface area (Å²) in [6, 6.07) is 8.32. The molecule has 2 aromatic rings. The number of hydrogen-bond acceptors (Lipinski definition) is 4. The molecule has 2 heterocycles. The van der Waals surface area contributed by atoms with Crippen LogP contribution in [0, 0.1) is 6.92 Å². The summed E-state index contributed by atoms with van der Waals surface area (Å²) in [4.78, 5) is 7.16. The molecule has 0 aliphatic rings. The number of aryl methyl sites for hydroxylation is 1. The summed E-state index contributed by atoms with van der Waals surface area (Å²) in [5.41, 5.74) is 7.12. The van der Waals surface area contributed by atoms with Crippen LogP contribution in [0.2, 0.25) is 0 Å². The molecular weight excluding hydrogens is 262 g/mol. The molecule has 1 atom stereocenters. The summed E-state index contributed by atoms with van der Waals surface area (Å²) in [5.74, 6) is 0. The van der Waals surface area contributed by atoms with E-state index in [-0.39, 0.29) is 6.04 Å². The molecule has 0 radical (unpaired) electrons. The third-order valence-electron chi connectivity index (χ3n) is 2.59. The average molecular weight is 277 g/mol. The predicted molar refractivity (Wildman–Crippen MR) is 81.2 cm³/mol. The molecule has 0 saturated carbocycles. The van der Waals surface area contributed by atoms with E-state index in [0.29, 0.717) is 10.7 Å². The van der Waals surface area contributed by atoms with Gasteiger partial charge in [0.05, 0.1) is 23.6 Å². The van der Waals surface area contributed by atoms with Gasteiger partial charge in [-0.05, 0) is 38.1 Å². The molecule has 5 heteroatoms. The summed E-state index contributed by atoms with van der Waals surface area (Å²) in [5, 5.41) is 3.40. The van der Waals surface area contributed by atoms with Gasteiger partial charge < -0.3 is 11.1 Å². The number of nitrogens with zero attached hydrogens (tertiary/aromatic N) is 1. The van der Waals surface area contributed by atoms with Crippen molar-refractivity contribution in [1.82, 2.24) is 4.98 Å². The fourth-order valence-corrected chi connectivity index (χ4v) is 2.63. The van der Waals surface area contributed by atoms with E-state index in [1.165, 1.54) is 9.75 Å². The highest BCUT2D eigenvalue weighted by Gasteiger charge is 2.07. The van der Waals surface area contributed by atoms with Gasteiger partial charge in [-0.15, -0.1) is 11.3 Å². The molecule has 18 heavy (non-hydrogen) atoms. The number of pyridine rings is 1. The van der Waals surface area contributed by atoms with E-state index in [4.69, 9.17) is 18.0 Å². The SMILES string of the molecule is Cc1ccc(C(C)Nc2ccc(C(N)=S)nc2)s1. The second-order valence-electron chi connectivity index (χ2n) is 4.11. The molecule has 0 fully saturated rings. The fraction of sp³-hybridized carbons (Fsp3) is 0.231. The highest BCUT2D eigenvalue weighted by molar-refractivity contribution is 7.80. The Kier molecular flexibility index (Phi) is 3.93. The van der Waals surface area contributed by atoms with E-state index in [9.17, 15) is 0 Å². The van der Waals surface area contributed by atoms with Crippen LogP contribution >= 0.6 is 23.6 Å². The van der Waals surface area contributed by atoms with Crippen molar-refractivity contribution in [3.63, 3.8) is 0 Å². The van der Waals surface area contributed by atoms with Crippen molar-refractivity contribution in [1.29, 1.82) is 0 Å². The van der Waals surface area contributed by atoms with Crippen LogP contribution in [0.15, 0.2) is 30.5 Å². The zero-order chi connectivity index (χ0) is 13.1. The molecule has 0 saturated heterocycles. The molecule has 0 bridgehead atoms. The van der Waals surface area contributed by atoms with E-state index in [2.05, 4.69) is 36.3 Å². The minimum absolute atomic E-state index is 0.265. The molecule has 0 aromatic carbocycles. The molecule has 2 aromatic heterocycles. The molecule has 3 N–H and O–H groups in total. The van der Waals surface area contributed by atoms with Gasteiger partial charge >= 0.3 is 0 Å². The van der Waals surface area contributed by atoms with Gasteiger partial charge in [-0.25, -0.2) is 0 Å². The molecule has 1 unspecified atom stereocenters. The Morgan fingerprint density at radius 1 is 1.39 bits per heavy atom. The monoisotopic (exact) mass is 277 g/mol. The van der Waals surface area contributed by atoms with Gasteiger partial charge in [0.2, 0.25) is 0 Å². The Morgan fingerprint density at radius 2 is 2.17 bits per heavy atom. The van der Waals surface area contributed by atoms with E-state index < -0.39 is 0 Å². The van der Waals surface area contributed by atoms with Crippen LogP contribution in [0.5, 0.6) is 0 Å². The first-order chi connectivity index (χ1) is 8.56. The van der Waals surface area contributed by atoms with Gasteiger partial charge in [0.1, 0.15) is 4.99 Å². The van der Waals surface area contributed by atoms with Gasteiger partial charge in [-0.2, -0.15) is 0 Å². The van der Waals surface area contributed by atoms with Gasteiger partial charge in [0.15, 0.2) is 0 Å². The lowest BCUT2D eigenvalue weighted by molar-refractivity contribution is 0.906. The van der Waals surface area contributed by atoms with Crippen molar-refractivity contribution in [2.45, 2.75) is 19.9 Å². The third-order valence-corrected chi connectivity index (χ3v) is 3.98. The first-order valence-corrected chi connectivity index (χ1v) is 6.87. The highest BCUT2D eigenvalue weighted by atomic mass is 32.1. The zero-order valence-electron chi connectivity index (χ0n) is 10.3.